The van der Waals surface area contributed by atoms with E-state index >= 15 is 0 Å². The van der Waals surface area contributed by atoms with Crippen molar-refractivity contribution in [1.29, 1.82) is 0 Å². The van der Waals surface area contributed by atoms with Crippen LogP contribution in [0.2, 0.25) is 0 Å². The summed E-state index contributed by atoms with van der Waals surface area (Å²) in [5.41, 5.74) is 0. The Kier molecular flexibility index (Phi) is 4.92. The highest BCUT2D eigenvalue weighted by molar-refractivity contribution is 5.69. The molecule has 0 fully saturated rings. The Bertz CT molecular complexity index is 121. The number of carboxylic acid groups (broad SMARTS) is 1. The molecule has 0 aliphatic carbocycles. The van der Waals surface area contributed by atoms with Gasteiger partial charge in [0.15, 0.2) is 0 Å². The van der Waals surface area contributed by atoms with Gasteiger partial charge in [0.1, 0.15) is 0 Å². The fraction of sp³-hybridized carbons (Fsp3) is 0.889. The summed E-state index contributed by atoms with van der Waals surface area (Å²) in [7, 11) is 0. The largest absolute Gasteiger partial charge is 0.481 e. The molecule has 0 aromatic carbocycles. The van der Waals surface area contributed by atoms with Gasteiger partial charge in [-0.15, -0.1) is 0 Å². The van der Waals surface area contributed by atoms with Gasteiger partial charge in [0.2, 0.25) is 0 Å². The Hall–Kier alpha value is -0.530. The van der Waals surface area contributed by atoms with Crippen LogP contribution in [0.4, 0.5) is 0 Å². The predicted octanol–water partition coefficient (Wildman–Crippen LogP) is 2.53. The first-order chi connectivity index (χ1) is 5.09. The Morgan fingerprint density at radius 2 is 2.00 bits per heavy atom. The molecule has 66 valence electrons. The fourth-order valence-electron chi connectivity index (χ4n) is 1.02. The van der Waals surface area contributed by atoms with Crippen LogP contribution in [0.3, 0.4) is 0 Å². The van der Waals surface area contributed by atoms with Crippen molar-refractivity contribution in [3.63, 3.8) is 0 Å². The molecule has 2 nitrogen and oxygen atoms in total. The van der Waals surface area contributed by atoms with Crippen molar-refractivity contribution < 1.29 is 9.90 Å². The summed E-state index contributed by atoms with van der Waals surface area (Å²) in [6.45, 7) is 5.91. The standard InChI is InChI=1S/C9H18O2/c1-4-5-6-7(2)8(3)9(10)11/h7-8H,4-6H2,1-3H3,(H,10,11)/t7-,8+/m1/s1. The summed E-state index contributed by atoms with van der Waals surface area (Å²) in [6.07, 6.45) is 3.32. The molecule has 11 heavy (non-hydrogen) atoms. The quantitative estimate of drug-likeness (QED) is 0.667. The van der Waals surface area contributed by atoms with Crippen LogP contribution in [0, 0.1) is 11.8 Å². The second kappa shape index (κ2) is 5.16. The average Bonchev–Trinajstić information content (AvgIpc) is 1.98. The van der Waals surface area contributed by atoms with E-state index in [-0.39, 0.29) is 5.92 Å². The summed E-state index contributed by atoms with van der Waals surface area (Å²) < 4.78 is 0. The zero-order valence-electron chi connectivity index (χ0n) is 7.63. The van der Waals surface area contributed by atoms with Gasteiger partial charge >= 0.3 is 5.97 Å². The highest BCUT2D eigenvalue weighted by atomic mass is 16.4. The lowest BCUT2D eigenvalue weighted by molar-refractivity contribution is -0.142. The van der Waals surface area contributed by atoms with Gasteiger partial charge in [-0.25, -0.2) is 0 Å². The number of aliphatic carboxylic acids is 1. The lowest BCUT2D eigenvalue weighted by Gasteiger charge is -2.14. The molecule has 1 N–H and O–H groups in total. The highest BCUT2D eigenvalue weighted by Crippen LogP contribution is 2.17. The van der Waals surface area contributed by atoms with Crippen LogP contribution in [0.5, 0.6) is 0 Å². The zero-order valence-corrected chi connectivity index (χ0v) is 7.63. The van der Waals surface area contributed by atoms with Gasteiger partial charge in [0.05, 0.1) is 5.92 Å². The van der Waals surface area contributed by atoms with E-state index in [9.17, 15) is 4.79 Å². The van der Waals surface area contributed by atoms with Crippen LogP contribution in [0.1, 0.15) is 40.0 Å². The van der Waals surface area contributed by atoms with E-state index in [0.717, 1.165) is 19.3 Å². The molecule has 0 unspecified atom stereocenters. The van der Waals surface area contributed by atoms with Gasteiger partial charge in [0, 0.05) is 0 Å². The van der Waals surface area contributed by atoms with Crippen molar-refractivity contribution in [2.24, 2.45) is 11.8 Å². The van der Waals surface area contributed by atoms with Gasteiger partial charge in [-0.2, -0.15) is 0 Å². The molecule has 2 heteroatoms. The van der Waals surface area contributed by atoms with Crippen LogP contribution in [0.15, 0.2) is 0 Å². The van der Waals surface area contributed by atoms with Crippen molar-refractivity contribution >= 4 is 5.97 Å². The fourth-order valence-corrected chi connectivity index (χ4v) is 1.02. The van der Waals surface area contributed by atoms with Crippen molar-refractivity contribution in [1.82, 2.24) is 0 Å². The molecule has 0 radical (unpaired) electrons. The number of hydrogen-bond donors (Lipinski definition) is 1. The normalized spacial score (nSPS) is 15.9. The topological polar surface area (TPSA) is 37.3 Å². The molecule has 0 aliphatic heterocycles. The van der Waals surface area contributed by atoms with E-state index < -0.39 is 5.97 Å². The number of carboxylic acids is 1. The first-order valence-electron chi connectivity index (χ1n) is 4.32. The van der Waals surface area contributed by atoms with E-state index in [2.05, 4.69) is 6.92 Å². The Labute approximate surface area is 68.6 Å². The third-order valence-corrected chi connectivity index (χ3v) is 2.26. The molecule has 0 aromatic heterocycles. The third kappa shape index (κ3) is 4.02. The molecular formula is C9H18O2. The minimum absolute atomic E-state index is 0.193. The van der Waals surface area contributed by atoms with Crippen molar-refractivity contribution in [3.05, 3.63) is 0 Å². The Balaban J connectivity index is 3.63. The molecule has 0 aliphatic rings. The summed E-state index contributed by atoms with van der Waals surface area (Å²) in [5, 5.41) is 8.65. The van der Waals surface area contributed by atoms with Crippen molar-refractivity contribution in [2.45, 2.75) is 40.0 Å². The monoisotopic (exact) mass is 158 g/mol. The molecule has 0 rings (SSSR count). The maximum atomic E-state index is 10.5. The van der Waals surface area contributed by atoms with Crippen LogP contribution < -0.4 is 0 Å². The maximum Gasteiger partial charge on any atom is 0.306 e. The third-order valence-electron chi connectivity index (χ3n) is 2.26. The summed E-state index contributed by atoms with van der Waals surface area (Å²) in [5.74, 6) is -0.553. The summed E-state index contributed by atoms with van der Waals surface area (Å²) in [6, 6.07) is 0. The lowest BCUT2D eigenvalue weighted by Crippen LogP contribution is -2.17. The first-order valence-corrected chi connectivity index (χ1v) is 4.32. The number of hydrogen-bond acceptors (Lipinski definition) is 1. The van der Waals surface area contributed by atoms with Crippen LogP contribution in [-0.4, -0.2) is 11.1 Å². The van der Waals surface area contributed by atoms with Gasteiger partial charge in [-0.05, 0) is 12.3 Å². The minimum Gasteiger partial charge on any atom is -0.481 e. The molecule has 0 aromatic rings. The molecule has 0 heterocycles. The second-order valence-electron chi connectivity index (χ2n) is 3.25. The zero-order chi connectivity index (χ0) is 8.85. The Morgan fingerprint density at radius 1 is 1.45 bits per heavy atom. The summed E-state index contributed by atoms with van der Waals surface area (Å²) in [4.78, 5) is 10.5. The molecule has 0 saturated carbocycles. The minimum atomic E-state index is -0.673. The van der Waals surface area contributed by atoms with Crippen molar-refractivity contribution in [2.75, 3.05) is 0 Å². The first kappa shape index (κ1) is 10.5. The van der Waals surface area contributed by atoms with E-state index in [0.29, 0.717) is 5.92 Å². The predicted molar refractivity (Wildman–Crippen MR) is 45.5 cm³/mol. The molecular weight excluding hydrogens is 140 g/mol. The lowest BCUT2D eigenvalue weighted by atomic mass is 9.91. The molecule has 0 bridgehead atoms. The number of unbranched alkanes of at least 4 members (excludes halogenated alkanes) is 1. The van der Waals surface area contributed by atoms with Crippen LogP contribution >= 0.6 is 0 Å². The summed E-state index contributed by atoms with van der Waals surface area (Å²) >= 11 is 0. The molecule has 0 spiro atoms. The van der Waals surface area contributed by atoms with Crippen LogP contribution in [-0.2, 0) is 4.79 Å². The van der Waals surface area contributed by atoms with Crippen molar-refractivity contribution in [3.8, 4) is 0 Å². The van der Waals surface area contributed by atoms with E-state index in [4.69, 9.17) is 5.11 Å². The number of rotatable bonds is 5. The van der Waals surface area contributed by atoms with Crippen LogP contribution in [0.25, 0.3) is 0 Å². The second-order valence-corrected chi connectivity index (χ2v) is 3.25. The van der Waals surface area contributed by atoms with E-state index in [1.165, 1.54) is 0 Å². The SMILES string of the molecule is CCCC[C@@H](C)[C@H](C)C(=O)O. The van der Waals surface area contributed by atoms with Gasteiger partial charge in [0.25, 0.3) is 0 Å². The maximum absolute atomic E-state index is 10.5. The molecule has 2 atom stereocenters. The molecule has 0 saturated heterocycles. The smallest absolute Gasteiger partial charge is 0.306 e. The van der Waals surface area contributed by atoms with Gasteiger partial charge in [-0.3, -0.25) is 4.79 Å². The highest BCUT2D eigenvalue weighted by Gasteiger charge is 2.17. The van der Waals surface area contributed by atoms with E-state index in [1.807, 2.05) is 6.92 Å². The average molecular weight is 158 g/mol. The van der Waals surface area contributed by atoms with Gasteiger partial charge < -0.3 is 5.11 Å². The molecule has 0 amide bonds. The van der Waals surface area contributed by atoms with Gasteiger partial charge in [-0.1, -0.05) is 33.6 Å². The van der Waals surface area contributed by atoms with E-state index in [1.54, 1.807) is 6.92 Å². The Morgan fingerprint density at radius 3 is 2.36 bits per heavy atom. The number of carbonyl (C=O) groups is 1.